The van der Waals surface area contributed by atoms with Crippen molar-refractivity contribution in [3.8, 4) is 0 Å². The molecule has 0 amide bonds. The fourth-order valence-electron chi connectivity index (χ4n) is 1.88. The zero-order valence-corrected chi connectivity index (χ0v) is 9.54. The van der Waals surface area contributed by atoms with Crippen molar-refractivity contribution < 1.29 is 4.42 Å². The Kier molecular flexibility index (Phi) is 2.65. The third-order valence-electron chi connectivity index (χ3n) is 2.79. The minimum absolute atomic E-state index is 0.254. The van der Waals surface area contributed by atoms with Gasteiger partial charge in [-0.1, -0.05) is 18.2 Å². The summed E-state index contributed by atoms with van der Waals surface area (Å²) in [6.07, 6.45) is 2.28. The van der Waals surface area contributed by atoms with Crippen LogP contribution in [-0.2, 0) is 6.42 Å². The first kappa shape index (κ1) is 10.7. The fraction of sp³-hybridized carbons (Fsp3) is 0.214. The minimum Gasteiger partial charge on any atom is -0.422 e. The van der Waals surface area contributed by atoms with Gasteiger partial charge in [0.25, 0.3) is 0 Å². The lowest BCUT2D eigenvalue weighted by atomic mass is 10.0. The lowest BCUT2D eigenvalue weighted by Gasteiger charge is -2.06. The predicted octanol–water partition coefficient (Wildman–Crippen LogP) is 3.14. The van der Waals surface area contributed by atoms with Gasteiger partial charge < -0.3 is 4.42 Å². The smallest absolute Gasteiger partial charge is 0.340 e. The molecule has 0 saturated carbocycles. The number of hydrogen-bond donors (Lipinski definition) is 0. The van der Waals surface area contributed by atoms with Gasteiger partial charge in [-0.25, -0.2) is 4.79 Å². The molecule has 0 aliphatic heterocycles. The number of rotatable bonds is 2. The summed E-state index contributed by atoms with van der Waals surface area (Å²) in [7, 11) is 0. The zero-order valence-electron chi connectivity index (χ0n) is 9.54. The third-order valence-corrected chi connectivity index (χ3v) is 2.79. The largest absolute Gasteiger partial charge is 0.422 e. The van der Waals surface area contributed by atoms with Gasteiger partial charge in [-0.05, 0) is 37.5 Å². The molecule has 0 N–H and O–H groups in total. The van der Waals surface area contributed by atoms with Crippen molar-refractivity contribution in [1.82, 2.24) is 0 Å². The minimum atomic E-state index is -0.254. The first-order valence-corrected chi connectivity index (χ1v) is 5.27. The predicted molar refractivity (Wildman–Crippen MR) is 65.9 cm³/mol. The van der Waals surface area contributed by atoms with Gasteiger partial charge in [-0.3, -0.25) is 0 Å². The van der Waals surface area contributed by atoms with Crippen molar-refractivity contribution in [2.45, 2.75) is 20.3 Å². The Balaban J connectivity index is 2.83. The van der Waals surface area contributed by atoms with Crippen LogP contribution in [0.4, 0.5) is 0 Å². The van der Waals surface area contributed by atoms with Crippen LogP contribution < -0.4 is 5.63 Å². The quantitative estimate of drug-likeness (QED) is 0.568. The molecule has 0 saturated heterocycles. The van der Waals surface area contributed by atoms with Crippen LogP contribution in [0.25, 0.3) is 11.0 Å². The average molecular weight is 214 g/mol. The van der Waals surface area contributed by atoms with Gasteiger partial charge in [0.05, 0.1) is 0 Å². The Bertz CT molecular complexity index is 606. The Labute approximate surface area is 94.2 Å². The third kappa shape index (κ3) is 1.67. The van der Waals surface area contributed by atoms with E-state index in [4.69, 9.17) is 4.42 Å². The van der Waals surface area contributed by atoms with Crippen LogP contribution in [0.15, 0.2) is 40.1 Å². The highest BCUT2D eigenvalue weighted by atomic mass is 16.4. The first-order valence-electron chi connectivity index (χ1n) is 5.27. The normalized spacial score (nSPS) is 10.6. The maximum absolute atomic E-state index is 11.7. The molecular weight excluding hydrogens is 200 g/mol. The summed E-state index contributed by atoms with van der Waals surface area (Å²) in [4.78, 5) is 11.7. The Morgan fingerprint density at radius 1 is 1.38 bits per heavy atom. The van der Waals surface area contributed by atoms with Gasteiger partial charge in [0, 0.05) is 10.9 Å². The summed E-state index contributed by atoms with van der Waals surface area (Å²) in [5.74, 6) is 0. The summed E-state index contributed by atoms with van der Waals surface area (Å²) in [6.45, 7) is 7.58. The lowest BCUT2D eigenvalue weighted by Crippen LogP contribution is -2.09. The van der Waals surface area contributed by atoms with E-state index in [0.29, 0.717) is 17.6 Å². The van der Waals surface area contributed by atoms with Gasteiger partial charge in [0.2, 0.25) is 0 Å². The van der Waals surface area contributed by atoms with Gasteiger partial charge >= 0.3 is 5.63 Å². The van der Waals surface area contributed by atoms with Crippen molar-refractivity contribution in [2.75, 3.05) is 0 Å². The molecule has 1 aromatic carbocycles. The Morgan fingerprint density at radius 3 is 2.81 bits per heavy atom. The van der Waals surface area contributed by atoms with Crippen molar-refractivity contribution in [1.29, 1.82) is 0 Å². The molecule has 0 bridgehead atoms. The molecular formula is C14H14O2. The highest BCUT2D eigenvalue weighted by Gasteiger charge is 2.09. The fourth-order valence-corrected chi connectivity index (χ4v) is 1.88. The molecule has 2 nitrogen and oxygen atoms in total. The molecule has 2 aromatic rings. The van der Waals surface area contributed by atoms with Gasteiger partial charge in [-0.15, -0.1) is 6.58 Å². The summed E-state index contributed by atoms with van der Waals surface area (Å²) < 4.78 is 5.30. The standard InChI is InChI=1S/C14H14O2/c1-4-5-12-10(3)11-7-6-9(2)8-13(11)16-14(12)15/h4,6-8H,1,5H2,2-3H3. The van der Waals surface area contributed by atoms with Gasteiger partial charge in [0.15, 0.2) is 0 Å². The highest BCUT2D eigenvalue weighted by molar-refractivity contribution is 5.81. The molecule has 82 valence electrons. The van der Waals surface area contributed by atoms with E-state index in [0.717, 1.165) is 16.5 Å². The van der Waals surface area contributed by atoms with Crippen LogP contribution in [0.5, 0.6) is 0 Å². The van der Waals surface area contributed by atoms with Crippen LogP contribution >= 0.6 is 0 Å². The maximum Gasteiger partial charge on any atom is 0.340 e. The molecule has 0 fully saturated rings. The van der Waals surface area contributed by atoms with Gasteiger partial charge in [-0.2, -0.15) is 0 Å². The number of benzene rings is 1. The molecule has 1 aromatic heterocycles. The van der Waals surface area contributed by atoms with Crippen molar-refractivity contribution >= 4 is 11.0 Å². The van der Waals surface area contributed by atoms with Crippen molar-refractivity contribution in [2.24, 2.45) is 0 Å². The van der Waals surface area contributed by atoms with E-state index < -0.39 is 0 Å². The molecule has 0 spiro atoms. The lowest BCUT2D eigenvalue weighted by molar-refractivity contribution is 0.551. The molecule has 2 rings (SSSR count). The summed E-state index contributed by atoms with van der Waals surface area (Å²) >= 11 is 0. The topological polar surface area (TPSA) is 30.2 Å². The summed E-state index contributed by atoms with van der Waals surface area (Å²) in [6, 6.07) is 5.91. The molecule has 2 heteroatoms. The van der Waals surface area contributed by atoms with Crippen molar-refractivity contribution in [3.05, 3.63) is 58.0 Å². The molecule has 0 unspecified atom stereocenters. The van der Waals surface area contributed by atoms with E-state index in [1.54, 1.807) is 6.08 Å². The van der Waals surface area contributed by atoms with E-state index in [9.17, 15) is 4.79 Å². The van der Waals surface area contributed by atoms with Crippen LogP contribution in [0.2, 0.25) is 0 Å². The zero-order chi connectivity index (χ0) is 11.7. The monoisotopic (exact) mass is 214 g/mol. The van der Waals surface area contributed by atoms with Gasteiger partial charge in [0.1, 0.15) is 5.58 Å². The Morgan fingerprint density at radius 2 is 2.12 bits per heavy atom. The van der Waals surface area contributed by atoms with Crippen LogP contribution in [0, 0.1) is 13.8 Å². The second kappa shape index (κ2) is 3.97. The summed E-state index contributed by atoms with van der Waals surface area (Å²) in [5, 5.41) is 1.00. The highest BCUT2D eigenvalue weighted by Crippen LogP contribution is 2.20. The van der Waals surface area contributed by atoms with E-state index in [2.05, 4.69) is 6.58 Å². The van der Waals surface area contributed by atoms with Crippen molar-refractivity contribution in [3.63, 3.8) is 0 Å². The summed E-state index contributed by atoms with van der Waals surface area (Å²) in [5.41, 5.74) is 3.19. The second-order valence-electron chi connectivity index (χ2n) is 3.99. The number of aryl methyl sites for hydroxylation is 2. The van der Waals surface area contributed by atoms with Crippen LogP contribution in [0.3, 0.4) is 0 Å². The van der Waals surface area contributed by atoms with E-state index in [1.807, 2.05) is 32.0 Å². The molecule has 0 aliphatic carbocycles. The first-order chi connectivity index (χ1) is 7.63. The second-order valence-corrected chi connectivity index (χ2v) is 3.99. The molecule has 0 aliphatic rings. The van der Waals surface area contributed by atoms with E-state index in [1.165, 1.54) is 0 Å². The molecule has 0 radical (unpaired) electrons. The van der Waals surface area contributed by atoms with Crippen LogP contribution in [-0.4, -0.2) is 0 Å². The average Bonchev–Trinajstić information content (AvgIpc) is 2.23. The maximum atomic E-state index is 11.7. The SMILES string of the molecule is C=CCc1c(C)c2ccc(C)cc2oc1=O. The molecule has 0 atom stereocenters. The van der Waals surface area contributed by atoms with Crippen LogP contribution in [0.1, 0.15) is 16.7 Å². The Hall–Kier alpha value is -1.83. The molecule has 1 heterocycles. The number of allylic oxidation sites excluding steroid dienone is 1. The number of fused-ring (bicyclic) bond motifs is 1. The van der Waals surface area contributed by atoms with E-state index >= 15 is 0 Å². The molecule has 16 heavy (non-hydrogen) atoms. The number of hydrogen-bond acceptors (Lipinski definition) is 2. The van der Waals surface area contributed by atoms with E-state index in [-0.39, 0.29) is 5.63 Å².